The average molecular weight is 292 g/mol. The van der Waals surface area contributed by atoms with Crippen molar-refractivity contribution in [1.29, 1.82) is 0 Å². The summed E-state index contributed by atoms with van der Waals surface area (Å²) in [5.41, 5.74) is 5.11. The van der Waals surface area contributed by atoms with Crippen molar-refractivity contribution in [3.05, 3.63) is 0 Å². The van der Waals surface area contributed by atoms with Gasteiger partial charge in [0.25, 0.3) is 0 Å². The van der Waals surface area contributed by atoms with Gasteiger partial charge in [-0.3, -0.25) is 14.4 Å². The van der Waals surface area contributed by atoms with Crippen molar-refractivity contribution in [1.82, 2.24) is 5.32 Å². The predicted octanol–water partition coefficient (Wildman–Crippen LogP) is -1.55. The minimum absolute atomic E-state index is 0.0268. The summed E-state index contributed by atoms with van der Waals surface area (Å²) in [5.74, 6) is -2.90. The van der Waals surface area contributed by atoms with E-state index in [0.717, 1.165) is 0 Å². The summed E-state index contributed by atoms with van der Waals surface area (Å²) in [6, 6.07) is -1.48. The fraction of sp³-hybridized carbons (Fsp3) is 0.727. The van der Waals surface area contributed by atoms with Crippen LogP contribution < -0.4 is 11.1 Å². The lowest BCUT2D eigenvalue weighted by atomic mass is 10.1. The molecule has 1 aliphatic heterocycles. The van der Waals surface area contributed by atoms with Crippen molar-refractivity contribution < 1.29 is 34.8 Å². The van der Waals surface area contributed by atoms with Crippen molar-refractivity contribution in [3.63, 3.8) is 0 Å². The highest BCUT2D eigenvalue weighted by atomic mass is 16.4. The molecule has 0 aromatic rings. The topological polar surface area (TPSA) is 170 Å². The summed E-state index contributed by atoms with van der Waals surface area (Å²) >= 11 is 0. The van der Waals surface area contributed by atoms with Gasteiger partial charge in [-0.15, -0.1) is 0 Å². The maximum atomic E-state index is 10.2. The maximum Gasteiger partial charge on any atom is 0.320 e. The second-order valence-electron chi connectivity index (χ2n) is 4.42. The van der Waals surface area contributed by atoms with Crippen molar-refractivity contribution in [2.24, 2.45) is 5.73 Å². The molecule has 0 aliphatic carbocycles. The highest BCUT2D eigenvalue weighted by Crippen LogP contribution is 2.05. The molecule has 9 nitrogen and oxygen atoms in total. The molecule has 1 saturated heterocycles. The van der Waals surface area contributed by atoms with E-state index in [-0.39, 0.29) is 12.8 Å². The molecule has 0 bridgehead atoms. The Hall–Kier alpha value is -1.71. The minimum atomic E-state index is -1.09. The SMILES string of the molecule is N[C@@H](CCCC(=O)O)C(=O)O.O=C(O)[C@@H]1C[C@@H](O)CN1. The molecule has 1 heterocycles. The van der Waals surface area contributed by atoms with E-state index in [1.165, 1.54) is 0 Å². The molecule has 0 radical (unpaired) electrons. The van der Waals surface area contributed by atoms with Gasteiger partial charge in [-0.25, -0.2) is 0 Å². The Labute approximate surface area is 115 Å². The molecule has 0 saturated carbocycles. The van der Waals surface area contributed by atoms with Crippen molar-refractivity contribution in [3.8, 4) is 0 Å². The van der Waals surface area contributed by atoms with Crippen LogP contribution in [0.2, 0.25) is 0 Å². The number of rotatable bonds is 6. The third-order valence-corrected chi connectivity index (χ3v) is 2.63. The smallest absolute Gasteiger partial charge is 0.320 e. The fourth-order valence-electron chi connectivity index (χ4n) is 1.50. The third kappa shape index (κ3) is 8.40. The number of hydrogen-bond donors (Lipinski definition) is 6. The first-order chi connectivity index (χ1) is 9.23. The van der Waals surface area contributed by atoms with Crippen molar-refractivity contribution in [2.75, 3.05) is 6.54 Å². The fourth-order valence-corrected chi connectivity index (χ4v) is 1.50. The van der Waals surface area contributed by atoms with Crippen LogP contribution in [0.3, 0.4) is 0 Å². The Kier molecular flexibility index (Phi) is 8.45. The number of nitrogens with one attached hydrogen (secondary N) is 1. The Balaban J connectivity index is 0.000000367. The third-order valence-electron chi connectivity index (χ3n) is 2.63. The second kappa shape index (κ2) is 9.23. The van der Waals surface area contributed by atoms with Crippen LogP contribution in [0, 0.1) is 0 Å². The lowest BCUT2D eigenvalue weighted by Crippen LogP contribution is -2.29. The minimum Gasteiger partial charge on any atom is -0.481 e. The molecule has 3 atom stereocenters. The van der Waals surface area contributed by atoms with Crippen LogP contribution in [0.25, 0.3) is 0 Å². The van der Waals surface area contributed by atoms with E-state index < -0.39 is 36.1 Å². The largest absolute Gasteiger partial charge is 0.481 e. The standard InChI is InChI=1S/C6H11NO4.C5H9NO3/c7-4(6(10)11)2-1-3-5(8)9;7-3-1-4(5(8)9)6-2-3/h4H,1-3,7H2,(H,8,9)(H,10,11);3-4,6-7H,1-2H2,(H,8,9)/t4-;3-,4+/m01/s1. The van der Waals surface area contributed by atoms with Gasteiger partial charge in [0.15, 0.2) is 0 Å². The number of nitrogens with two attached hydrogens (primary N) is 1. The summed E-state index contributed by atoms with van der Waals surface area (Å²) in [6.45, 7) is 0.400. The molecule has 1 rings (SSSR count). The Bertz CT molecular complexity index is 348. The molecule has 9 heteroatoms. The zero-order valence-corrected chi connectivity index (χ0v) is 10.9. The number of carbonyl (C=O) groups is 3. The van der Waals surface area contributed by atoms with Gasteiger partial charge < -0.3 is 31.5 Å². The summed E-state index contributed by atoms with van der Waals surface area (Å²) in [4.78, 5) is 30.2. The summed E-state index contributed by atoms with van der Waals surface area (Å²) in [6.07, 6.45) is 0.340. The number of hydrogen-bond acceptors (Lipinski definition) is 6. The van der Waals surface area contributed by atoms with Crippen molar-refractivity contribution >= 4 is 17.9 Å². The van der Waals surface area contributed by atoms with E-state index in [4.69, 9.17) is 26.2 Å². The normalized spacial score (nSPS) is 22.5. The number of carboxylic acids is 3. The molecule has 1 aliphatic rings. The van der Waals surface area contributed by atoms with Crippen molar-refractivity contribution in [2.45, 2.75) is 43.9 Å². The highest BCUT2D eigenvalue weighted by molar-refractivity contribution is 5.74. The summed E-state index contributed by atoms with van der Waals surface area (Å²) in [5, 5.41) is 36.3. The number of aliphatic hydroxyl groups excluding tert-OH is 1. The van der Waals surface area contributed by atoms with E-state index in [9.17, 15) is 14.4 Å². The van der Waals surface area contributed by atoms with Crippen LogP contribution in [-0.4, -0.2) is 63.1 Å². The van der Waals surface area contributed by atoms with Gasteiger partial charge >= 0.3 is 17.9 Å². The first kappa shape index (κ1) is 18.3. The molecule has 0 spiro atoms. The lowest BCUT2D eigenvalue weighted by Gasteiger charge is -2.02. The second-order valence-corrected chi connectivity index (χ2v) is 4.42. The van der Waals surface area contributed by atoms with Crippen LogP contribution in [0.1, 0.15) is 25.7 Å². The zero-order valence-electron chi connectivity index (χ0n) is 10.9. The number of aliphatic carboxylic acids is 3. The molecule has 20 heavy (non-hydrogen) atoms. The van der Waals surface area contributed by atoms with E-state index >= 15 is 0 Å². The van der Waals surface area contributed by atoms with E-state index in [0.29, 0.717) is 19.4 Å². The molecule has 0 aromatic carbocycles. The number of carboxylic acid groups (broad SMARTS) is 3. The number of aliphatic hydroxyl groups is 1. The first-order valence-electron chi connectivity index (χ1n) is 6.08. The monoisotopic (exact) mass is 292 g/mol. The summed E-state index contributed by atoms with van der Waals surface area (Å²) in [7, 11) is 0. The molecule has 7 N–H and O–H groups in total. The molecular formula is C11H20N2O7. The molecule has 0 aromatic heterocycles. The van der Waals surface area contributed by atoms with Gasteiger partial charge in [0.05, 0.1) is 6.10 Å². The van der Waals surface area contributed by atoms with Crippen LogP contribution in [-0.2, 0) is 14.4 Å². The van der Waals surface area contributed by atoms with Gasteiger partial charge in [-0.05, 0) is 12.8 Å². The summed E-state index contributed by atoms with van der Waals surface area (Å²) < 4.78 is 0. The van der Waals surface area contributed by atoms with E-state index in [1.54, 1.807) is 0 Å². The van der Waals surface area contributed by atoms with Gasteiger partial charge in [0, 0.05) is 19.4 Å². The lowest BCUT2D eigenvalue weighted by molar-refractivity contribution is -0.140. The predicted molar refractivity (Wildman–Crippen MR) is 67.1 cm³/mol. The Morgan fingerprint density at radius 3 is 2.15 bits per heavy atom. The Morgan fingerprint density at radius 2 is 1.85 bits per heavy atom. The van der Waals surface area contributed by atoms with Gasteiger partial charge in [0.1, 0.15) is 12.1 Å². The van der Waals surface area contributed by atoms with Gasteiger partial charge in [0.2, 0.25) is 0 Å². The first-order valence-corrected chi connectivity index (χ1v) is 6.08. The average Bonchev–Trinajstić information content (AvgIpc) is 2.76. The molecule has 0 unspecified atom stereocenters. The molecular weight excluding hydrogens is 272 g/mol. The van der Waals surface area contributed by atoms with Crippen LogP contribution in [0.15, 0.2) is 0 Å². The van der Waals surface area contributed by atoms with E-state index in [1.807, 2.05) is 0 Å². The molecule has 116 valence electrons. The Morgan fingerprint density at radius 1 is 1.25 bits per heavy atom. The quantitative estimate of drug-likeness (QED) is 0.339. The van der Waals surface area contributed by atoms with Gasteiger partial charge in [-0.2, -0.15) is 0 Å². The zero-order chi connectivity index (χ0) is 15.7. The molecule has 1 fully saturated rings. The van der Waals surface area contributed by atoms with Crippen LogP contribution in [0.5, 0.6) is 0 Å². The van der Waals surface area contributed by atoms with Crippen LogP contribution >= 0.6 is 0 Å². The maximum absolute atomic E-state index is 10.2. The van der Waals surface area contributed by atoms with E-state index in [2.05, 4.69) is 5.32 Å². The van der Waals surface area contributed by atoms with Crippen LogP contribution in [0.4, 0.5) is 0 Å². The van der Waals surface area contributed by atoms with Gasteiger partial charge in [-0.1, -0.05) is 0 Å². The molecule has 0 amide bonds. The number of β-amino-alcohol motifs (C(OH)–C–C–N with tert-alkyl or cyclic N) is 1. The highest BCUT2D eigenvalue weighted by Gasteiger charge is 2.27.